The van der Waals surface area contributed by atoms with Crippen LogP contribution in [0, 0.1) is 5.92 Å². The molecule has 1 atom stereocenters. The fourth-order valence-corrected chi connectivity index (χ4v) is 3.19. The highest BCUT2D eigenvalue weighted by Crippen LogP contribution is 2.24. The smallest absolute Gasteiger partial charge is 0.258 e. The van der Waals surface area contributed by atoms with Crippen LogP contribution in [0.25, 0.3) is 0 Å². The molecule has 1 aliphatic rings. The van der Waals surface area contributed by atoms with E-state index in [1.165, 1.54) is 25.4 Å². The van der Waals surface area contributed by atoms with Crippen LogP contribution >= 0.6 is 0 Å². The van der Waals surface area contributed by atoms with Crippen molar-refractivity contribution in [1.29, 1.82) is 0 Å². The van der Waals surface area contributed by atoms with Gasteiger partial charge in [0, 0.05) is 17.4 Å². The Labute approximate surface area is 143 Å². The number of furan rings is 1. The molecule has 2 heterocycles. The van der Waals surface area contributed by atoms with Crippen LogP contribution in [-0.2, 0) is 0 Å². The minimum Gasteiger partial charge on any atom is -0.472 e. The molecule has 0 bridgehead atoms. The van der Waals surface area contributed by atoms with Crippen molar-refractivity contribution in [2.24, 2.45) is 5.92 Å². The molecular weight excluding hydrogens is 302 g/mol. The quantitative estimate of drug-likeness (QED) is 0.880. The lowest BCUT2D eigenvalue weighted by molar-refractivity contribution is 0.102. The summed E-state index contributed by atoms with van der Waals surface area (Å²) in [7, 11) is 2.18. The van der Waals surface area contributed by atoms with Crippen molar-refractivity contribution < 1.29 is 9.21 Å². The number of anilines is 2. The van der Waals surface area contributed by atoms with Crippen molar-refractivity contribution in [2.75, 3.05) is 30.8 Å². The van der Waals surface area contributed by atoms with E-state index in [2.05, 4.69) is 29.5 Å². The molecule has 1 aliphatic heterocycles. The van der Waals surface area contributed by atoms with E-state index < -0.39 is 0 Å². The number of rotatable bonds is 5. The number of likely N-dealkylation sites (tertiary alicyclic amines) is 1. The van der Waals surface area contributed by atoms with Gasteiger partial charge in [0.25, 0.3) is 5.91 Å². The first-order chi connectivity index (χ1) is 11.6. The molecule has 5 nitrogen and oxygen atoms in total. The van der Waals surface area contributed by atoms with E-state index in [0.29, 0.717) is 17.5 Å². The minimum atomic E-state index is -0.163. The van der Waals surface area contributed by atoms with Gasteiger partial charge in [0.15, 0.2) is 0 Å². The zero-order chi connectivity index (χ0) is 16.9. The molecule has 1 aromatic heterocycles. The standard InChI is InChI=1S/C19H25N3O2/c1-14(15-6-9-22(2)10-7-15)20-17-4-3-5-18(12-17)21-19(23)16-8-11-24-13-16/h3-5,8,11-15,20H,6-7,9-10H2,1-2H3,(H,21,23). The van der Waals surface area contributed by atoms with Gasteiger partial charge in [0.2, 0.25) is 0 Å². The van der Waals surface area contributed by atoms with Crippen molar-refractivity contribution in [3.63, 3.8) is 0 Å². The Morgan fingerprint density at radius 2 is 2.00 bits per heavy atom. The SMILES string of the molecule is CC(Nc1cccc(NC(=O)c2ccoc2)c1)C1CCN(C)CC1. The fourth-order valence-electron chi connectivity index (χ4n) is 3.19. The van der Waals surface area contributed by atoms with E-state index in [1.54, 1.807) is 6.07 Å². The number of hydrogen-bond acceptors (Lipinski definition) is 4. The molecule has 3 rings (SSSR count). The second-order valence-electron chi connectivity index (χ2n) is 6.62. The lowest BCUT2D eigenvalue weighted by Gasteiger charge is -2.33. The molecular formula is C19H25N3O2. The maximum atomic E-state index is 12.1. The normalized spacial score (nSPS) is 17.4. The maximum Gasteiger partial charge on any atom is 0.258 e. The van der Waals surface area contributed by atoms with Crippen LogP contribution in [-0.4, -0.2) is 37.0 Å². The van der Waals surface area contributed by atoms with Gasteiger partial charge in [-0.05, 0) is 70.1 Å². The Morgan fingerprint density at radius 1 is 1.25 bits per heavy atom. The molecule has 2 aromatic rings. The van der Waals surface area contributed by atoms with Gasteiger partial charge in [0.1, 0.15) is 6.26 Å². The van der Waals surface area contributed by atoms with Gasteiger partial charge in [-0.3, -0.25) is 4.79 Å². The van der Waals surface area contributed by atoms with Crippen LogP contribution in [0.3, 0.4) is 0 Å². The predicted molar refractivity (Wildman–Crippen MR) is 96.4 cm³/mol. The van der Waals surface area contributed by atoms with Gasteiger partial charge in [-0.25, -0.2) is 0 Å². The van der Waals surface area contributed by atoms with E-state index in [4.69, 9.17) is 4.42 Å². The van der Waals surface area contributed by atoms with Gasteiger partial charge in [-0.15, -0.1) is 0 Å². The third-order valence-corrected chi connectivity index (χ3v) is 4.77. The molecule has 5 heteroatoms. The van der Waals surface area contributed by atoms with Crippen LogP contribution in [0.15, 0.2) is 47.3 Å². The largest absolute Gasteiger partial charge is 0.472 e. The van der Waals surface area contributed by atoms with Gasteiger partial charge in [-0.2, -0.15) is 0 Å². The van der Waals surface area contributed by atoms with E-state index >= 15 is 0 Å². The Bertz CT molecular complexity index is 661. The topological polar surface area (TPSA) is 57.5 Å². The average Bonchev–Trinajstić information content (AvgIpc) is 3.10. The zero-order valence-corrected chi connectivity index (χ0v) is 14.3. The monoisotopic (exact) mass is 327 g/mol. The Balaban J connectivity index is 1.59. The molecule has 0 saturated carbocycles. The maximum absolute atomic E-state index is 12.1. The molecule has 24 heavy (non-hydrogen) atoms. The second-order valence-corrected chi connectivity index (χ2v) is 6.62. The Morgan fingerprint density at radius 3 is 2.71 bits per heavy atom. The van der Waals surface area contributed by atoms with Crippen molar-refractivity contribution >= 4 is 17.3 Å². The van der Waals surface area contributed by atoms with E-state index in [1.807, 2.05) is 24.3 Å². The van der Waals surface area contributed by atoms with Crippen LogP contribution in [0.4, 0.5) is 11.4 Å². The number of nitrogens with zero attached hydrogens (tertiary/aromatic N) is 1. The molecule has 1 saturated heterocycles. The third kappa shape index (κ3) is 4.17. The van der Waals surface area contributed by atoms with Crippen molar-refractivity contribution in [3.05, 3.63) is 48.4 Å². The highest BCUT2D eigenvalue weighted by Gasteiger charge is 2.22. The van der Waals surface area contributed by atoms with Crippen LogP contribution in [0.5, 0.6) is 0 Å². The van der Waals surface area contributed by atoms with Crippen LogP contribution in [0.1, 0.15) is 30.1 Å². The molecule has 0 aliphatic carbocycles. The van der Waals surface area contributed by atoms with E-state index in [-0.39, 0.29) is 5.91 Å². The lowest BCUT2D eigenvalue weighted by atomic mass is 9.90. The fraction of sp³-hybridized carbons (Fsp3) is 0.421. The number of hydrogen-bond donors (Lipinski definition) is 2. The molecule has 0 radical (unpaired) electrons. The number of nitrogens with one attached hydrogen (secondary N) is 2. The number of carbonyl (C=O) groups excluding carboxylic acids is 1. The van der Waals surface area contributed by atoms with Gasteiger partial charge < -0.3 is 20.0 Å². The summed E-state index contributed by atoms with van der Waals surface area (Å²) in [6.07, 6.45) is 5.39. The zero-order valence-electron chi connectivity index (χ0n) is 14.3. The molecule has 1 aromatic carbocycles. The number of benzene rings is 1. The number of piperidine rings is 1. The summed E-state index contributed by atoms with van der Waals surface area (Å²) in [4.78, 5) is 14.5. The Kier molecular flexibility index (Phi) is 5.20. The number of carbonyl (C=O) groups is 1. The first kappa shape index (κ1) is 16.6. The summed E-state index contributed by atoms with van der Waals surface area (Å²) in [6, 6.07) is 9.93. The van der Waals surface area contributed by atoms with E-state index in [0.717, 1.165) is 24.5 Å². The summed E-state index contributed by atoms with van der Waals surface area (Å²) in [5.41, 5.74) is 2.33. The number of amides is 1. The first-order valence-corrected chi connectivity index (χ1v) is 8.50. The highest BCUT2D eigenvalue weighted by molar-refractivity contribution is 6.04. The molecule has 0 spiro atoms. The lowest BCUT2D eigenvalue weighted by Crippen LogP contribution is -2.37. The van der Waals surface area contributed by atoms with Crippen molar-refractivity contribution in [2.45, 2.75) is 25.8 Å². The van der Waals surface area contributed by atoms with Crippen molar-refractivity contribution in [3.8, 4) is 0 Å². The molecule has 1 fully saturated rings. The minimum absolute atomic E-state index is 0.163. The summed E-state index contributed by atoms with van der Waals surface area (Å²) in [5.74, 6) is 0.523. The predicted octanol–water partition coefficient (Wildman–Crippen LogP) is 3.67. The average molecular weight is 327 g/mol. The molecule has 1 unspecified atom stereocenters. The van der Waals surface area contributed by atoms with Crippen LogP contribution < -0.4 is 10.6 Å². The Hall–Kier alpha value is -2.27. The summed E-state index contributed by atoms with van der Waals surface area (Å²) in [6.45, 7) is 4.57. The summed E-state index contributed by atoms with van der Waals surface area (Å²) >= 11 is 0. The van der Waals surface area contributed by atoms with E-state index in [9.17, 15) is 4.79 Å². The second kappa shape index (κ2) is 7.53. The third-order valence-electron chi connectivity index (χ3n) is 4.77. The molecule has 1 amide bonds. The highest BCUT2D eigenvalue weighted by atomic mass is 16.3. The first-order valence-electron chi connectivity index (χ1n) is 8.50. The summed E-state index contributed by atoms with van der Waals surface area (Å²) in [5, 5.41) is 6.48. The van der Waals surface area contributed by atoms with Gasteiger partial charge >= 0.3 is 0 Å². The van der Waals surface area contributed by atoms with Gasteiger partial charge in [0.05, 0.1) is 11.8 Å². The molecule has 2 N–H and O–H groups in total. The molecule has 128 valence electrons. The summed E-state index contributed by atoms with van der Waals surface area (Å²) < 4.78 is 4.95. The van der Waals surface area contributed by atoms with Gasteiger partial charge in [-0.1, -0.05) is 6.07 Å². The van der Waals surface area contributed by atoms with Crippen molar-refractivity contribution in [1.82, 2.24) is 4.90 Å². The van der Waals surface area contributed by atoms with Crippen LogP contribution in [0.2, 0.25) is 0 Å².